The Hall–Kier alpha value is -4.67. The van der Waals surface area contributed by atoms with E-state index in [1.165, 1.54) is 4.68 Å². The van der Waals surface area contributed by atoms with Gasteiger partial charge in [-0.2, -0.15) is 0 Å². The van der Waals surface area contributed by atoms with Crippen molar-refractivity contribution >= 4 is 40.7 Å². The van der Waals surface area contributed by atoms with E-state index >= 15 is 0 Å². The van der Waals surface area contributed by atoms with Gasteiger partial charge in [0.25, 0.3) is 11.5 Å². The van der Waals surface area contributed by atoms with E-state index in [-0.39, 0.29) is 23.5 Å². The number of amides is 1. The molecule has 11 heteroatoms. The summed E-state index contributed by atoms with van der Waals surface area (Å²) in [5, 5.41) is 7.08. The maximum Gasteiger partial charge on any atom is 0.284 e. The van der Waals surface area contributed by atoms with Gasteiger partial charge in [0.05, 0.1) is 23.1 Å². The van der Waals surface area contributed by atoms with E-state index in [9.17, 15) is 9.59 Å². The number of halogens is 1. The van der Waals surface area contributed by atoms with Gasteiger partial charge in [-0.15, -0.1) is 12.4 Å². The highest BCUT2D eigenvalue weighted by molar-refractivity contribution is 6.05. The molecular formula is C30H30ClN7O3. The Morgan fingerprint density at radius 3 is 2.46 bits per heavy atom. The molecule has 4 heterocycles. The molecule has 0 bridgehead atoms. The minimum Gasteiger partial charge on any atom is -0.457 e. The first-order chi connectivity index (χ1) is 19.5. The third-order valence-corrected chi connectivity index (χ3v) is 7.14. The van der Waals surface area contributed by atoms with Crippen LogP contribution in [0.4, 0.5) is 11.5 Å². The summed E-state index contributed by atoms with van der Waals surface area (Å²) in [4.78, 5) is 37.6. The van der Waals surface area contributed by atoms with Crippen LogP contribution in [0.1, 0.15) is 16.1 Å². The molecule has 5 aromatic rings. The van der Waals surface area contributed by atoms with Crippen molar-refractivity contribution in [3.05, 3.63) is 101 Å². The van der Waals surface area contributed by atoms with E-state index < -0.39 is 5.91 Å². The van der Waals surface area contributed by atoms with Crippen LogP contribution in [0.25, 0.3) is 16.6 Å². The third kappa shape index (κ3) is 5.52. The molecule has 1 amide bonds. The number of benzene rings is 2. The van der Waals surface area contributed by atoms with Gasteiger partial charge < -0.3 is 20.3 Å². The number of nitrogens with one attached hydrogen (secondary N) is 2. The van der Waals surface area contributed by atoms with Crippen molar-refractivity contribution in [2.75, 3.05) is 36.4 Å². The molecule has 0 spiro atoms. The largest absolute Gasteiger partial charge is 0.457 e. The number of pyridine rings is 2. The Bertz CT molecular complexity index is 1740. The van der Waals surface area contributed by atoms with Gasteiger partial charge in [0, 0.05) is 50.5 Å². The first-order valence-electron chi connectivity index (χ1n) is 13.1. The molecule has 0 saturated carbocycles. The first kappa shape index (κ1) is 27.9. The number of fused-ring (bicyclic) bond motifs is 1. The molecule has 3 aromatic heterocycles. The second kappa shape index (κ2) is 11.8. The highest BCUT2D eigenvalue weighted by Gasteiger charge is 2.22. The van der Waals surface area contributed by atoms with Crippen LogP contribution in [0.15, 0.2) is 83.9 Å². The number of hydrogen-bond acceptors (Lipinski definition) is 7. The van der Waals surface area contributed by atoms with Gasteiger partial charge in [0.15, 0.2) is 0 Å². The predicted octanol–water partition coefficient (Wildman–Crippen LogP) is 4.30. The van der Waals surface area contributed by atoms with Crippen LogP contribution >= 0.6 is 12.4 Å². The van der Waals surface area contributed by atoms with Crippen LogP contribution in [0.2, 0.25) is 0 Å². The fourth-order valence-corrected chi connectivity index (χ4v) is 4.92. The van der Waals surface area contributed by atoms with Crippen molar-refractivity contribution in [1.82, 2.24) is 24.6 Å². The molecular weight excluding hydrogens is 542 g/mol. The lowest BCUT2D eigenvalue weighted by molar-refractivity contribution is 0.102. The average Bonchev–Trinajstić information content (AvgIpc) is 3.22. The summed E-state index contributed by atoms with van der Waals surface area (Å²) in [6.07, 6.45) is 3.47. The summed E-state index contributed by atoms with van der Waals surface area (Å²) in [7, 11) is 1.76. The number of rotatable bonds is 6. The number of carbonyl (C=O) groups is 1. The maximum atomic E-state index is 13.2. The van der Waals surface area contributed by atoms with Gasteiger partial charge in [-0.05, 0) is 55.5 Å². The topological polar surface area (TPSA) is 106 Å². The van der Waals surface area contributed by atoms with E-state index in [0.29, 0.717) is 28.6 Å². The van der Waals surface area contributed by atoms with Crippen LogP contribution in [0.5, 0.6) is 11.5 Å². The number of piperazine rings is 1. The number of carbonyl (C=O) groups excluding carboxylic acids is 1. The van der Waals surface area contributed by atoms with Crippen molar-refractivity contribution in [1.29, 1.82) is 0 Å². The minimum atomic E-state index is -0.463. The lowest BCUT2D eigenvalue weighted by Gasteiger charge is -2.28. The minimum absolute atomic E-state index is 0. The van der Waals surface area contributed by atoms with Crippen LogP contribution in [0.3, 0.4) is 0 Å². The Morgan fingerprint density at radius 1 is 1.00 bits per heavy atom. The van der Waals surface area contributed by atoms with Crippen LogP contribution < -0.4 is 25.8 Å². The summed E-state index contributed by atoms with van der Waals surface area (Å²) >= 11 is 0. The standard InChI is InChI=1S/C30H29N7O3.ClH/c1-20-28(30(39)37(35(20)2)22-6-4-3-5-7-22)29(38)34-21-8-10-23(11-9-21)40-26-12-13-32-25-19-33-27(18-24(25)26)36-16-14-31-15-17-36;/h3-13,18-19,31H,14-17H2,1-2H3,(H,34,38);1H. The molecule has 1 aliphatic heterocycles. The van der Waals surface area contributed by atoms with Gasteiger partial charge in [0.2, 0.25) is 0 Å². The van der Waals surface area contributed by atoms with Crippen molar-refractivity contribution in [3.8, 4) is 17.2 Å². The highest BCUT2D eigenvalue weighted by Crippen LogP contribution is 2.31. The highest BCUT2D eigenvalue weighted by atomic mass is 35.5. The van der Waals surface area contributed by atoms with Crippen LogP contribution in [-0.2, 0) is 7.05 Å². The molecule has 0 radical (unpaired) electrons. The number of nitrogens with zero attached hydrogens (tertiary/aromatic N) is 5. The van der Waals surface area contributed by atoms with Gasteiger partial charge >= 0.3 is 0 Å². The molecule has 1 fully saturated rings. The quantitative estimate of drug-likeness (QED) is 0.313. The molecule has 6 rings (SSSR count). The number of hydrogen-bond donors (Lipinski definition) is 2. The van der Waals surface area contributed by atoms with Gasteiger partial charge in [-0.1, -0.05) is 18.2 Å². The van der Waals surface area contributed by atoms with Crippen LogP contribution in [0, 0.1) is 6.92 Å². The third-order valence-electron chi connectivity index (χ3n) is 7.14. The molecule has 1 saturated heterocycles. The Kier molecular flexibility index (Phi) is 8.04. The van der Waals surface area contributed by atoms with Gasteiger partial charge in [0.1, 0.15) is 22.9 Å². The van der Waals surface area contributed by atoms with Crippen molar-refractivity contribution in [2.45, 2.75) is 6.92 Å². The number of ether oxygens (including phenoxy) is 1. The molecule has 2 aromatic carbocycles. The van der Waals surface area contributed by atoms with Crippen LogP contribution in [-0.4, -0.2) is 51.4 Å². The monoisotopic (exact) mass is 571 g/mol. The first-order valence-corrected chi connectivity index (χ1v) is 13.1. The number of para-hydroxylation sites is 1. The molecule has 1 aliphatic rings. The Balaban J connectivity index is 0.00000337. The SMILES string of the molecule is Cc1c(C(=O)Nc2ccc(Oc3ccnc4cnc(N5CCNCC5)cc34)cc2)c(=O)n(-c2ccccc2)n1C.Cl. The lowest BCUT2D eigenvalue weighted by Crippen LogP contribution is -2.43. The molecule has 0 atom stereocenters. The molecule has 0 unspecified atom stereocenters. The summed E-state index contributed by atoms with van der Waals surface area (Å²) < 4.78 is 9.39. The zero-order chi connectivity index (χ0) is 27.6. The average molecular weight is 572 g/mol. The smallest absolute Gasteiger partial charge is 0.284 e. The Morgan fingerprint density at radius 2 is 1.73 bits per heavy atom. The molecule has 2 N–H and O–H groups in total. The molecule has 10 nitrogen and oxygen atoms in total. The predicted molar refractivity (Wildman–Crippen MR) is 162 cm³/mol. The van der Waals surface area contributed by atoms with Gasteiger partial charge in [-0.3, -0.25) is 19.3 Å². The molecule has 210 valence electrons. The van der Waals surface area contributed by atoms with E-state index in [0.717, 1.165) is 42.9 Å². The fraction of sp³-hybridized carbons (Fsp3) is 0.200. The van der Waals surface area contributed by atoms with E-state index in [2.05, 4.69) is 25.5 Å². The zero-order valence-corrected chi connectivity index (χ0v) is 23.5. The number of aromatic nitrogens is 4. The van der Waals surface area contributed by atoms with E-state index in [4.69, 9.17) is 4.74 Å². The summed E-state index contributed by atoms with van der Waals surface area (Å²) in [5.41, 5.74) is 2.30. The zero-order valence-electron chi connectivity index (χ0n) is 22.7. The lowest BCUT2D eigenvalue weighted by atomic mass is 10.2. The number of anilines is 2. The van der Waals surface area contributed by atoms with Crippen molar-refractivity contribution in [3.63, 3.8) is 0 Å². The summed E-state index contributed by atoms with van der Waals surface area (Å²) in [5.74, 6) is 1.71. The second-order valence-corrected chi connectivity index (χ2v) is 9.62. The van der Waals surface area contributed by atoms with Crippen molar-refractivity contribution < 1.29 is 9.53 Å². The van der Waals surface area contributed by atoms with E-state index in [1.54, 1.807) is 55.3 Å². The Labute approximate surface area is 243 Å². The van der Waals surface area contributed by atoms with Gasteiger partial charge in [-0.25, -0.2) is 9.67 Å². The maximum absolute atomic E-state index is 13.2. The van der Waals surface area contributed by atoms with E-state index in [1.807, 2.05) is 42.5 Å². The fourth-order valence-electron chi connectivity index (χ4n) is 4.92. The molecule has 41 heavy (non-hydrogen) atoms. The second-order valence-electron chi connectivity index (χ2n) is 9.62. The summed E-state index contributed by atoms with van der Waals surface area (Å²) in [6, 6.07) is 20.1. The normalized spacial score (nSPS) is 13.1. The molecule has 0 aliphatic carbocycles. The summed E-state index contributed by atoms with van der Waals surface area (Å²) in [6.45, 7) is 5.39. The van der Waals surface area contributed by atoms with Crippen molar-refractivity contribution in [2.24, 2.45) is 7.05 Å².